The van der Waals surface area contributed by atoms with Crippen LogP contribution in [0, 0.1) is 0 Å². The van der Waals surface area contributed by atoms with Crippen LogP contribution in [0.15, 0.2) is 6.07 Å². The molecule has 1 fully saturated rings. The summed E-state index contributed by atoms with van der Waals surface area (Å²) in [5.74, 6) is 0.899. The first kappa shape index (κ1) is 17.7. The number of aliphatic hydroxyl groups is 1. The first-order valence-electron chi connectivity index (χ1n) is 8.03. The molecule has 7 heteroatoms. The van der Waals surface area contributed by atoms with Gasteiger partial charge < -0.3 is 15.2 Å². The van der Waals surface area contributed by atoms with Gasteiger partial charge in [-0.15, -0.1) is 0 Å². The molecule has 23 heavy (non-hydrogen) atoms. The molecule has 0 aliphatic carbocycles. The van der Waals surface area contributed by atoms with E-state index in [0.29, 0.717) is 12.4 Å². The molecule has 3 N–H and O–H groups in total. The molecule has 2 amide bonds. The van der Waals surface area contributed by atoms with Crippen LogP contribution in [-0.2, 0) is 11.8 Å². The van der Waals surface area contributed by atoms with Gasteiger partial charge in [0.2, 0.25) is 0 Å². The van der Waals surface area contributed by atoms with Gasteiger partial charge in [0.15, 0.2) is 0 Å². The van der Waals surface area contributed by atoms with Gasteiger partial charge >= 0.3 is 6.03 Å². The molecule has 1 unspecified atom stereocenters. The zero-order valence-electron chi connectivity index (χ0n) is 14.6. The van der Waals surface area contributed by atoms with Crippen LogP contribution in [0.5, 0.6) is 0 Å². The van der Waals surface area contributed by atoms with Crippen molar-refractivity contribution >= 4 is 11.8 Å². The number of hydrogen-bond acceptors (Lipinski definition) is 4. The Kier molecular flexibility index (Phi) is 5.01. The number of anilines is 1. The molecule has 1 atom stereocenters. The van der Waals surface area contributed by atoms with Gasteiger partial charge in [-0.25, -0.2) is 4.79 Å². The monoisotopic (exact) mass is 324 g/mol. The lowest BCUT2D eigenvalue weighted by Gasteiger charge is -2.37. The summed E-state index contributed by atoms with van der Waals surface area (Å²) in [5.41, 5.74) is -0.874. The predicted molar refractivity (Wildman–Crippen MR) is 88.5 cm³/mol. The van der Waals surface area contributed by atoms with Gasteiger partial charge in [-0.3, -0.25) is 10.00 Å². The molecular formula is C16H28N4O3. The van der Waals surface area contributed by atoms with Gasteiger partial charge in [0, 0.05) is 25.6 Å². The fourth-order valence-corrected chi connectivity index (χ4v) is 2.36. The minimum absolute atomic E-state index is 0.279. The van der Waals surface area contributed by atoms with Crippen molar-refractivity contribution in [2.24, 2.45) is 7.05 Å². The summed E-state index contributed by atoms with van der Waals surface area (Å²) in [4.78, 5) is 12.2. The summed E-state index contributed by atoms with van der Waals surface area (Å²) in [7, 11) is 1.80. The summed E-state index contributed by atoms with van der Waals surface area (Å²) >= 11 is 0. The lowest BCUT2D eigenvalue weighted by atomic mass is 9.86. The van der Waals surface area contributed by atoms with Crippen LogP contribution in [0.2, 0.25) is 0 Å². The Morgan fingerprint density at radius 3 is 2.70 bits per heavy atom. The van der Waals surface area contributed by atoms with E-state index in [-0.39, 0.29) is 11.9 Å². The number of ether oxygens (including phenoxy) is 1. The van der Waals surface area contributed by atoms with Gasteiger partial charge in [-0.1, -0.05) is 0 Å². The molecule has 1 aromatic heterocycles. The number of carbonyl (C=O) groups is 1. The van der Waals surface area contributed by atoms with Crippen molar-refractivity contribution in [2.45, 2.75) is 57.6 Å². The fourth-order valence-electron chi connectivity index (χ4n) is 2.36. The van der Waals surface area contributed by atoms with Crippen LogP contribution in [0.4, 0.5) is 10.6 Å². The van der Waals surface area contributed by atoms with Crippen molar-refractivity contribution in [3.8, 4) is 0 Å². The summed E-state index contributed by atoms with van der Waals surface area (Å²) < 4.78 is 7.15. The molecule has 1 saturated heterocycles. The zero-order chi connectivity index (χ0) is 17.3. The van der Waals surface area contributed by atoms with E-state index >= 15 is 0 Å². The molecule has 7 nitrogen and oxygen atoms in total. The number of nitrogens with one attached hydrogen (secondary N) is 2. The quantitative estimate of drug-likeness (QED) is 0.790. The third-order valence-corrected chi connectivity index (χ3v) is 4.67. The number of aryl methyl sites for hydroxylation is 1. The molecule has 0 spiro atoms. The third kappa shape index (κ3) is 4.23. The number of carbonyl (C=O) groups excluding carboxylic acids is 1. The standard InChI is InChI=1S/C16H28N4O3/c1-15(2,16(3,4)22)18-14(21)17-13-9-12(19-20(13)5)11-7-6-8-23-10-11/h9,11,22H,6-8,10H2,1-5H3,(H2,17,18,21). The number of amides is 2. The maximum atomic E-state index is 12.2. The summed E-state index contributed by atoms with van der Waals surface area (Å²) in [6.45, 7) is 8.37. The molecule has 1 aliphatic heterocycles. The van der Waals surface area contributed by atoms with E-state index in [4.69, 9.17) is 4.74 Å². The molecule has 2 heterocycles. The summed E-state index contributed by atoms with van der Waals surface area (Å²) in [6.07, 6.45) is 2.08. The summed E-state index contributed by atoms with van der Waals surface area (Å²) in [5, 5.41) is 20.2. The third-order valence-electron chi connectivity index (χ3n) is 4.67. The maximum absolute atomic E-state index is 12.2. The van der Waals surface area contributed by atoms with E-state index in [1.807, 2.05) is 6.07 Å². The number of hydrogen-bond donors (Lipinski definition) is 3. The minimum atomic E-state index is -1.04. The van der Waals surface area contributed by atoms with Crippen molar-refractivity contribution in [3.05, 3.63) is 11.8 Å². The van der Waals surface area contributed by atoms with E-state index in [1.54, 1.807) is 39.4 Å². The fraction of sp³-hybridized carbons (Fsp3) is 0.750. The highest BCUT2D eigenvalue weighted by molar-refractivity contribution is 5.89. The second-order valence-corrected chi connectivity index (χ2v) is 7.26. The highest BCUT2D eigenvalue weighted by Gasteiger charge is 2.36. The topological polar surface area (TPSA) is 88.4 Å². The second kappa shape index (κ2) is 6.49. The summed E-state index contributed by atoms with van der Waals surface area (Å²) in [6, 6.07) is 1.52. The molecule has 0 aromatic carbocycles. The van der Waals surface area contributed by atoms with Crippen molar-refractivity contribution in [3.63, 3.8) is 0 Å². The normalized spacial score (nSPS) is 19.5. The number of aromatic nitrogens is 2. The van der Waals surface area contributed by atoms with Gasteiger partial charge in [0.25, 0.3) is 0 Å². The highest BCUT2D eigenvalue weighted by atomic mass is 16.5. The number of nitrogens with zero attached hydrogens (tertiary/aromatic N) is 2. The molecule has 130 valence electrons. The molecule has 0 radical (unpaired) electrons. The van der Waals surface area contributed by atoms with Gasteiger partial charge in [0.05, 0.1) is 23.4 Å². The van der Waals surface area contributed by atoms with Crippen molar-refractivity contribution in [1.82, 2.24) is 15.1 Å². The first-order chi connectivity index (χ1) is 10.6. The molecule has 0 bridgehead atoms. The smallest absolute Gasteiger partial charge is 0.320 e. The molecule has 1 aliphatic rings. The van der Waals surface area contributed by atoms with E-state index in [9.17, 15) is 9.90 Å². The number of urea groups is 1. The predicted octanol–water partition coefficient (Wildman–Crippen LogP) is 1.99. The van der Waals surface area contributed by atoms with Crippen molar-refractivity contribution in [1.29, 1.82) is 0 Å². The molecule has 0 saturated carbocycles. The van der Waals surface area contributed by atoms with E-state index in [2.05, 4.69) is 15.7 Å². The van der Waals surface area contributed by atoms with E-state index in [1.165, 1.54) is 0 Å². The van der Waals surface area contributed by atoms with Crippen LogP contribution >= 0.6 is 0 Å². The average Bonchev–Trinajstić information content (AvgIpc) is 2.79. The first-order valence-corrected chi connectivity index (χ1v) is 8.03. The Bertz CT molecular complexity index is 554. The minimum Gasteiger partial charge on any atom is -0.388 e. The lowest BCUT2D eigenvalue weighted by molar-refractivity contribution is 0.00184. The van der Waals surface area contributed by atoms with Crippen LogP contribution in [-0.4, -0.2) is 45.3 Å². The van der Waals surface area contributed by atoms with Gasteiger partial charge in [-0.2, -0.15) is 5.10 Å². The van der Waals surface area contributed by atoms with E-state index < -0.39 is 11.1 Å². The molecule has 1 aromatic rings. The maximum Gasteiger partial charge on any atom is 0.320 e. The van der Waals surface area contributed by atoms with Crippen LogP contribution in [0.3, 0.4) is 0 Å². The highest BCUT2D eigenvalue weighted by Crippen LogP contribution is 2.26. The Labute approximate surface area is 137 Å². The van der Waals surface area contributed by atoms with Crippen LogP contribution in [0.25, 0.3) is 0 Å². The average molecular weight is 324 g/mol. The van der Waals surface area contributed by atoms with Crippen molar-refractivity contribution < 1.29 is 14.6 Å². The van der Waals surface area contributed by atoms with Crippen LogP contribution < -0.4 is 10.6 Å². The van der Waals surface area contributed by atoms with E-state index in [0.717, 1.165) is 25.1 Å². The second-order valence-electron chi connectivity index (χ2n) is 7.26. The SMILES string of the molecule is Cn1nc(C2CCCOC2)cc1NC(=O)NC(C)(C)C(C)(C)O. The lowest BCUT2D eigenvalue weighted by Crippen LogP contribution is -2.58. The molecular weight excluding hydrogens is 296 g/mol. The van der Waals surface area contributed by atoms with Crippen LogP contribution in [0.1, 0.15) is 52.1 Å². The zero-order valence-corrected chi connectivity index (χ0v) is 14.6. The Balaban J connectivity index is 2.02. The Morgan fingerprint density at radius 2 is 2.13 bits per heavy atom. The molecule has 2 rings (SSSR count). The van der Waals surface area contributed by atoms with Gasteiger partial charge in [0.1, 0.15) is 5.82 Å². The Hall–Kier alpha value is -1.60. The van der Waals surface area contributed by atoms with Crippen molar-refractivity contribution in [2.75, 3.05) is 18.5 Å². The Morgan fingerprint density at radius 1 is 1.43 bits per heavy atom. The largest absolute Gasteiger partial charge is 0.388 e. The van der Waals surface area contributed by atoms with Gasteiger partial charge in [-0.05, 0) is 40.5 Å². The number of rotatable bonds is 4.